The maximum Gasteiger partial charge on any atom is 0.289 e. The van der Waals surface area contributed by atoms with Gasteiger partial charge in [0.05, 0.1) is 5.69 Å². The molecule has 0 saturated heterocycles. The number of amides is 1. The lowest BCUT2D eigenvalue weighted by Crippen LogP contribution is -2.40. The maximum atomic E-state index is 11.9. The Morgan fingerprint density at radius 2 is 2.22 bits per heavy atom. The summed E-state index contributed by atoms with van der Waals surface area (Å²) in [6.07, 6.45) is 7.14. The molecule has 0 atom stereocenters. The largest absolute Gasteiger partial charge is 0.438 e. The van der Waals surface area contributed by atoms with Crippen molar-refractivity contribution in [2.45, 2.75) is 39.0 Å². The average molecular weight is 271 g/mol. The van der Waals surface area contributed by atoms with Gasteiger partial charge in [-0.15, -0.1) is 11.6 Å². The highest BCUT2D eigenvalue weighted by molar-refractivity contribution is 6.18. The first-order chi connectivity index (χ1) is 8.67. The number of nitrogens with zero attached hydrogens (tertiary/aromatic N) is 1. The van der Waals surface area contributed by atoms with Crippen molar-refractivity contribution in [1.29, 1.82) is 0 Å². The first kappa shape index (κ1) is 13.4. The van der Waals surface area contributed by atoms with Crippen LogP contribution >= 0.6 is 11.6 Å². The monoisotopic (exact) mass is 270 g/mol. The quantitative estimate of drug-likeness (QED) is 0.856. The highest BCUT2D eigenvalue weighted by atomic mass is 35.5. The van der Waals surface area contributed by atoms with Crippen molar-refractivity contribution in [3.8, 4) is 0 Å². The molecule has 1 amide bonds. The van der Waals surface area contributed by atoms with Crippen molar-refractivity contribution in [1.82, 2.24) is 10.3 Å². The Morgan fingerprint density at radius 1 is 1.50 bits per heavy atom. The number of carbonyl (C=O) groups excluding carboxylic acids is 1. The predicted octanol–water partition coefficient (Wildman–Crippen LogP) is 2.90. The van der Waals surface area contributed by atoms with Crippen LogP contribution in [-0.4, -0.2) is 23.3 Å². The summed E-state index contributed by atoms with van der Waals surface area (Å²) in [6.45, 7) is 2.38. The molecule has 1 aliphatic carbocycles. The van der Waals surface area contributed by atoms with Gasteiger partial charge in [0.2, 0.25) is 5.76 Å². The molecule has 0 aliphatic heterocycles. The van der Waals surface area contributed by atoms with E-state index in [0.29, 0.717) is 23.9 Å². The van der Waals surface area contributed by atoms with E-state index in [1.54, 1.807) is 6.92 Å². The Labute approximate surface area is 112 Å². The fraction of sp³-hybridized carbons (Fsp3) is 0.692. The third-order valence-electron chi connectivity index (χ3n) is 3.77. The van der Waals surface area contributed by atoms with Gasteiger partial charge in [0.25, 0.3) is 5.91 Å². The zero-order chi connectivity index (χ0) is 13.0. The van der Waals surface area contributed by atoms with Gasteiger partial charge in [0.1, 0.15) is 0 Å². The molecule has 0 spiro atoms. The number of aryl methyl sites for hydroxylation is 1. The van der Waals surface area contributed by atoms with Crippen LogP contribution in [0.2, 0.25) is 0 Å². The molecule has 0 radical (unpaired) electrons. The van der Waals surface area contributed by atoms with Crippen LogP contribution in [-0.2, 0) is 0 Å². The molecule has 1 N–H and O–H groups in total. The molecule has 5 heteroatoms. The summed E-state index contributed by atoms with van der Waals surface area (Å²) in [7, 11) is 0. The number of aromatic nitrogens is 1. The van der Waals surface area contributed by atoms with Crippen LogP contribution in [0.4, 0.5) is 0 Å². The second-order valence-corrected chi connectivity index (χ2v) is 5.41. The number of hydrogen-bond donors (Lipinski definition) is 1. The van der Waals surface area contributed by atoms with Crippen LogP contribution < -0.4 is 5.32 Å². The number of alkyl halides is 1. The number of nitrogens with one attached hydrogen (secondary N) is 1. The Kier molecular flexibility index (Phi) is 4.27. The van der Waals surface area contributed by atoms with Crippen LogP contribution in [0.5, 0.6) is 0 Å². The summed E-state index contributed by atoms with van der Waals surface area (Å²) < 4.78 is 5.08. The lowest BCUT2D eigenvalue weighted by atomic mass is 9.75. The van der Waals surface area contributed by atoms with Crippen molar-refractivity contribution >= 4 is 17.5 Å². The molecule has 0 unspecified atom stereocenters. The van der Waals surface area contributed by atoms with E-state index in [1.807, 2.05) is 0 Å². The fourth-order valence-electron chi connectivity index (χ4n) is 2.53. The van der Waals surface area contributed by atoms with Gasteiger partial charge in [-0.1, -0.05) is 19.3 Å². The Hall–Kier alpha value is -1.03. The number of halogens is 1. The fourth-order valence-corrected chi connectivity index (χ4v) is 2.89. The van der Waals surface area contributed by atoms with E-state index in [9.17, 15) is 4.79 Å². The highest BCUT2D eigenvalue weighted by Gasteiger charge is 2.32. The molecule has 1 aromatic heterocycles. The zero-order valence-electron chi connectivity index (χ0n) is 10.7. The van der Waals surface area contributed by atoms with Crippen molar-refractivity contribution < 1.29 is 9.21 Å². The second kappa shape index (κ2) is 5.74. The molecule has 18 heavy (non-hydrogen) atoms. The van der Waals surface area contributed by atoms with E-state index >= 15 is 0 Å². The molecule has 1 saturated carbocycles. The van der Waals surface area contributed by atoms with Gasteiger partial charge in [-0.25, -0.2) is 4.98 Å². The standard InChI is InChI=1S/C13H19ClN2O2/c1-10-11(18-9-16-10)12(17)15-8-13(7-14)5-3-2-4-6-13/h9H,2-8H2,1H3,(H,15,17). The van der Waals surface area contributed by atoms with Crippen molar-refractivity contribution in [2.24, 2.45) is 5.41 Å². The maximum absolute atomic E-state index is 11.9. The third-order valence-corrected chi connectivity index (χ3v) is 4.34. The van der Waals surface area contributed by atoms with Gasteiger partial charge in [0.15, 0.2) is 6.39 Å². The molecule has 0 aromatic carbocycles. The summed E-state index contributed by atoms with van der Waals surface area (Å²) in [5.74, 6) is 0.707. The van der Waals surface area contributed by atoms with Crippen LogP contribution in [0, 0.1) is 12.3 Å². The molecule has 1 fully saturated rings. The minimum absolute atomic E-state index is 0.0589. The molecular weight excluding hydrogens is 252 g/mol. The number of rotatable bonds is 4. The topological polar surface area (TPSA) is 55.1 Å². The molecule has 1 heterocycles. The van der Waals surface area contributed by atoms with Gasteiger partial charge in [0, 0.05) is 17.8 Å². The van der Waals surface area contributed by atoms with Crippen LogP contribution in [0.1, 0.15) is 48.4 Å². The minimum Gasteiger partial charge on any atom is -0.438 e. The van der Waals surface area contributed by atoms with Crippen molar-refractivity contribution in [3.63, 3.8) is 0 Å². The number of carbonyl (C=O) groups is 1. The van der Waals surface area contributed by atoms with Crippen molar-refractivity contribution in [2.75, 3.05) is 12.4 Å². The van der Waals surface area contributed by atoms with E-state index in [4.69, 9.17) is 16.0 Å². The Balaban J connectivity index is 1.94. The second-order valence-electron chi connectivity index (χ2n) is 5.14. The Bertz CT molecular complexity index is 411. The Morgan fingerprint density at radius 3 is 2.78 bits per heavy atom. The SMILES string of the molecule is Cc1ncoc1C(=O)NCC1(CCl)CCCCC1. The van der Waals surface area contributed by atoms with E-state index in [1.165, 1.54) is 25.7 Å². The van der Waals surface area contributed by atoms with E-state index in [2.05, 4.69) is 10.3 Å². The first-order valence-corrected chi connectivity index (χ1v) is 6.95. The van der Waals surface area contributed by atoms with Gasteiger partial charge >= 0.3 is 0 Å². The highest BCUT2D eigenvalue weighted by Crippen LogP contribution is 2.36. The van der Waals surface area contributed by atoms with Gasteiger partial charge in [-0.2, -0.15) is 0 Å². The molecule has 0 bridgehead atoms. The summed E-state index contributed by atoms with van der Waals surface area (Å²) in [5.41, 5.74) is 0.680. The van der Waals surface area contributed by atoms with Gasteiger partial charge in [-0.05, 0) is 19.8 Å². The normalized spacial score (nSPS) is 18.6. The smallest absolute Gasteiger partial charge is 0.289 e. The van der Waals surface area contributed by atoms with E-state index in [0.717, 1.165) is 12.8 Å². The van der Waals surface area contributed by atoms with Crippen LogP contribution in [0.25, 0.3) is 0 Å². The molecule has 4 nitrogen and oxygen atoms in total. The van der Waals surface area contributed by atoms with Gasteiger partial charge in [-0.3, -0.25) is 4.79 Å². The number of hydrogen-bond acceptors (Lipinski definition) is 3. The minimum atomic E-state index is -0.194. The summed E-state index contributed by atoms with van der Waals surface area (Å²) in [5, 5.41) is 2.93. The third kappa shape index (κ3) is 2.86. The lowest BCUT2D eigenvalue weighted by Gasteiger charge is -2.35. The zero-order valence-corrected chi connectivity index (χ0v) is 11.4. The van der Waals surface area contributed by atoms with Crippen LogP contribution in [0.3, 0.4) is 0 Å². The molecular formula is C13H19ClN2O2. The number of oxazole rings is 1. The van der Waals surface area contributed by atoms with Crippen molar-refractivity contribution in [3.05, 3.63) is 17.8 Å². The predicted molar refractivity (Wildman–Crippen MR) is 69.8 cm³/mol. The summed E-state index contributed by atoms with van der Waals surface area (Å²) in [4.78, 5) is 15.9. The molecule has 2 rings (SSSR count). The van der Waals surface area contributed by atoms with E-state index in [-0.39, 0.29) is 11.3 Å². The summed E-state index contributed by atoms with van der Waals surface area (Å²) >= 11 is 6.09. The van der Waals surface area contributed by atoms with Gasteiger partial charge < -0.3 is 9.73 Å². The molecule has 100 valence electrons. The first-order valence-electron chi connectivity index (χ1n) is 6.41. The average Bonchev–Trinajstić information content (AvgIpc) is 2.83. The summed E-state index contributed by atoms with van der Waals surface area (Å²) in [6, 6.07) is 0. The van der Waals surface area contributed by atoms with E-state index < -0.39 is 0 Å². The molecule has 1 aliphatic rings. The lowest BCUT2D eigenvalue weighted by molar-refractivity contribution is 0.0892. The molecule has 1 aromatic rings. The van der Waals surface area contributed by atoms with Crippen LogP contribution in [0.15, 0.2) is 10.8 Å².